The second-order valence-corrected chi connectivity index (χ2v) is 3.35. The summed E-state index contributed by atoms with van der Waals surface area (Å²) < 4.78 is 10.1. The molecule has 0 bridgehead atoms. The second-order valence-electron chi connectivity index (χ2n) is 3.35. The fourth-order valence-corrected chi connectivity index (χ4v) is 1.80. The first-order valence-electron chi connectivity index (χ1n) is 4.68. The molecule has 0 unspecified atom stereocenters. The summed E-state index contributed by atoms with van der Waals surface area (Å²) >= 11 is 0. The highest BCUT2D eigenvalue weighted by atomic mass is 16.6. The largest absolute Gasteiger partial charge is 0.578 e. The molecule has 0 N–H and O–H groups in total. The predicted octanol–water partition coefficient (Wildman–Crippen LogP) is 1.66. The summed E-state index contributed by atoms with van der Waals surface area (Å²) in [5.41, 5.74) is 0.527. The Bertz CT molecular complexity index is 551. The molecule has 0 aliphatic carbocycles. The molecule has 3 rings (SSSR count). The van der Waals surface area contributed by atoms with E-state index in [4.69, 9.17) is 9.31 Å². The van der Waals surface area contributed by atoms with E-state index in [9.17, 15) is 4.79 Å². The van der Waals surface area contributed by atoms with Gasteiger partial charge in [-0.1, -0.05) is 30.3 Å². The smallest absolute Gasteiger partial charge is 0.528 e. The van der Waals surface area contributed by atoms with Gasteiger partial charge in [-0.15, -0.1) is 0 Å². The Morgan fingerprint density at radius 2 is 1.87 bits per heavy atom. The van der Waals surface area contributed by atoms with Crippen LogP contribution in [0.15, 0.2) is 36.4 Å². The van der Waals surface area contributed by atoms with Gasteiger partial charge in [0.1, 0.15) is 11.3 Å². The van der Waals surface area contributed by atoms with Crippen molar-refractivity contribution in [3.8, 4) is 5.75 Å². The zero-order valence-electron chi connectivity index (χ0n) is 7.90. The van der Waals surface area contributed by atoms with Gasteiger partial charge in [0.15, 0.2) is 0 Å². The molecule has 4 heteroatoms. The number of hydrogen-bond donors (Lipinski definition) is 0. The first-order valence-corrected chi connectivity index (χ1v) is 4.68. The molecule has 0 amide bonds. The van der Waals surface area contributed by atoms with Gasteiger partial charge >= 0.3 is 13.7 Å². The summed E-state index contributed by atoms with van der Waals surface area (Å²) in [6, 6.07) is 11.4. The molecule has 0 aromatic heterocycles. The molecular weight excluding hydrogens is 191 g/mol. The van der Waals surface area contributed by atoms with Crippen LogP contribution >= 0.6 is 0 Å². The van der Waals surface area contributed by atoms with Crippen molar-refractivity contribution in [1.29, 1.82) is 0 Å². The standard InChI is InChI=1S/C11H7BO3/c13-11-10-8-4-2-1-3-7(8)5-6-9(10)14-12-15-11/h1-6,12H. The fraction of sp³-hybridized carbons (Fsp3) is 0. The average Bonchev–Trinajstić information content (AvgIpc) is 2.29. The van der Waals surface area contributed by atoms with Crippen LogP contribution in [0.4, 0.5) is 0 Å². The molecular formula is C11H7BO3. The van der Waals surface area contributed by atoms with E-state index in [1.165, 1.54) is 0 Å². The van der Waals surface area contributed by atoms with Crippen LogP contribution in [-0.2, 0) is 4.65 Å². The zero-order chi connectivity index (χ0) is 10.3. The van der Waals surface area contributed by atoms with Gasteiger partial charge in [0.25, 0.3) is 0 Å². The van der Waals surface area contributed by atoms with Crippen LogP contribution in [-0.4, -0.2) is 13.7 Å². The third-order valence-electron chi connectivity index (χ3n) is 2.50. The predicted molar refractivity (Wildman–Crippen MR) is 57.1 cm³/mol. The monoisotopic (exact) mass is 198 g/mol. The van der Waals surface area contributed by atoms with Crippen LogP contribution in [0.5, 0.6) is 5.75 Å². The minimum atomic E-state index is -0.312. The highest BCUT2D eigenvalue weighted by Crippen LogP contribution is 2.30. The van der Waals surface area contributed by atoms with E-state index in [0.29, 0.717) is 11.3 Å². The zero-order valence-corrected chi connectivity index (χ0v) is 7.90. The Kier molecular flexibility index (Phi) is 1.68. The highest BCUT2D eigenvalue weighted by Gasteiger charge is 2.23. The van der Waals surface area contributed by atoms with Gasteiger partial charge in [-0.3, -0.25) is 0 Å². The SMILES string of the molecule is O=C1OBOc2ccc3ccccc3c21. The summed E-state index contributed by atoms with van der Waals surface area (Å²) in [6.07, 6.45) is 0. The lowest BCUT2D eigenvalue weighted by atomic mass is 10.0. The second kappa shape index (κ2) is 3.02. The van der Waals surface area contributed by atoms with Gasteiger partial charge in [0.05, 0.1) is 0 Å². The number of rotatable bonds is 0. The highest BCUT2D eigenvalue weighted by molar-refractivity contribution is 6.29. The Hall–Kier alpha value is -1.97. The molecule has 0 spiro atoms. The Balaban J connectivity index is 2.40. The third kappa shape index (κ3) is 1.18. The maximum Gasteiger partial charge on any atom is 0.578 e. The van der Waals surface area contributed by atoms with Crippen molar-refractivity contribution < 1.29 is 14.1 Å². The van der Waals surface area contributed by atoms with E-state index in [2.05, 4.69) is 0 Å². The lowest BCUT2D eigenvalue weighted by Crippen LogP contribution is -2.21. The first-order chi connectivity index (χ1) is 7.36. The van der Waals surface area contributed by atoms with Crippen LogP contribution in [0, 0.1) is 0 Å². The number of carbonyl (C=O) groups is 1. The summed E-state index contributed by atoms with van der Waals surface area (Å²) in [7, 11) is 0.00414. The number of carbonyl (C=O) groups excluding carboxylic acids is 1. The summed E-state index contributed by atoms with van der Waals surface area (Å²) in [5, 5.41) is 1.89. The molecule has 0 atom stereocenters. The van der Waals surface area contributed by atoms with Crippen molar-refractivity contribution in [2.24, 2.45) is 0 Å². The van der Waals surface area contributed by atoms with E-state index in [0.717, 1.165) is 10.8 Å². The van der Waals surface area contributed by atoms with Gasteiger partial charge in [0, 0.05) is 0 Å². The normalized spacial score (nSPS) is 13.7. The molecule has 15 heavy (non-hydrogen) atoms. The lowest BCUT2D eigenvalue weighted by Gasteiger charge is -2.17. The van der Waals surface area contributed by atoms with E-state index in [1.807, 2.05) is 30.3 Å². The Morgan fingerprint density at radius 1 is 1.00 bits per heavy atom. The van der Waals surface area contributed by atoms with Crippen molar-refractivity contribution in [1.82, 2.24) is 0 Å². The molecule has 2 aromatic rings. The van der Waals surface area contributed by atoms with E-state index in [-0.39, 0.29) is 13.7 Å². The minimum absolute atomic E-state index is 0.00414. The lowest BCUT2D eigenvalue weighted by molar-refractivity contribution is 0.0701. The number of fused-ring (bicyclic) bond motifs is 3. The molecule has 1 aliphatic heterocycles. The van der Waals surface area contributed by atoms with E-state index >= 15 is 0 Å². The van der Waals surface area contributed by atoms with Crippen LogP contribution in [0.2, 0.25) is 0 Å². The van der Waals surface area contributed by atoms with Crippen molar-refractivity contribution in [3.05, 3.63) is 42.0 Å². The third-order valence-corrected chi connectivity index (χ3v) is 2.50. The van der Waals surface area contributed by atoms with Crippen LogP contribution in [0.1, 0.15) is 10.4 Å². The number of benzene rings is 2. The first kappa shape index (κ1) is 8.35. The van der Waals surface area contributed by atoms with Gasteiger partial charge < -0.3 is 9.31 Å². The van der Waals surface area contributed by atoms with Crippen LogP contribution < -0.4 is 4.65 Å². The molecule has 2 aromatic carbocycles. The molecule has 72 valence electrons. The van der Waals surface area contributed by atoms with Crippen molar-refractivity contribution in [2.75, 3.05) is 0 Å². The molecule has 3 nitrogen and oxygen atoms in total. The molecule has 0 fully saturated rings. The Labute approximate surface area is 86.9 Å². The average molecular weight is 198 g/mol. The fourth-order valence-electron chi connectivity index (χ4n) is 1.80. The van der Waals surface area contributed by atoms with Gasteiger partial charge in [-0.2, -0.15) is 0 Å². The van der Waals surface area contributed by atoms with Crippen LogP contribution in [0.25, 0.3) is 10.8 Å². The molecule has 0 saturated heterocycles. The maximum absolute atomic E-state index is 11.6. The molecule has 0 radical (unpaired) electrons. The van der Waals surface area contributed by atoms with Gasteiger partial charge in [-0.25, -0.2) is 4.79 Å². The van der Waals surface area contributed by atoms with Gasteiger partial charge in [0.2, 0.25) is 0 Å². The van der Waals surface area contributed by atoms with E-state index < -0.39 is 0 Å². The number of hydrogen-bond acceptors (Lipinski definition) is 3. The molecule has 1 aliphatic rings. The van der Waals surface area contributed by atoms with Gasteiger partial charge in [-0.05, 0) is 16.8 Å². The quantitative estimate of drug-likeness (QED) is 0.603. The molecule has 1 heterocycles. The van der Waals surface area contributed by atoms with Crippen molar-refractivity contribution in [3.63, 3.8) is 0 Å². The van der Waals surface area contributed by atoms with Crippen LogP contribution in [0.3, 0.4) is 0 Å². The van der Waals surface area contributed by atoms with Crippen molar-refractivity contribution in [2.45, 2.75) is 0 Å². The Morgan fingerprint density at radius 3 is 2.80 bits per heavy atom. The van der Waals surface area contributed by atoms with Crippen molar-refractivity contribution >= 4 is 24.4 Å². The summed E-state index contributed by atoms with van der Waals surface area (Å²) in [5.74, 6) is 0.290. The van der Waals surface area contributed by atoms with E-state index in [1.54, 1.807) is 6.07 Å². The minimum Gasteiger partial charge on any atom is -0.528 e. The topological polar surface area (TPSA) is 35.5 Å². The molecule has 0 saturated carbocycles. The summed E-state index contributed by atoms with van der Waals surface area (Å²) in [6.45, 7) is 0. The summed E-state index contributed by atoms with van der Waals surface area (Å²) in [4.78, 5) is 11.6. The maximum atomic E-state index is 11.6.